The molecule has 0 saturated carbocycles. The van der Waals surface area contributed by atoms with Gasteiger partial charge in [0, 0.05) is 4.92 Å². The summed E-state index contributed by atoms with van der Waals surface area (Å²) in [4.78, 5) is 23.8. The first-order valence-corrected chi connectivity index (χ1v) is 7.70. The summed E-state index contributed by atoms with van der Waals surface area (Å²) < 4.78 is 4.87. The highest BCUT2D eigenvalue weighted by molar-refractivity contribution is 5.78. The minimum atomic E-state index is -0.959. The highest BCUT2D eigenvalue weighted by Crippen LogP contribution is 2.40. The highest BCUT2D eigenvalue weighted by atomic mass is 16.6. The minimum Gasteiger partial charge on any atom is -0.468 e. The van der Waals surface area contributed by atoms with Gasteiger partial charge >= 0.3 is 5.97 Å². The molecule has 124 valence electrons. The zero-order valence-electron chi connectivity index (χ0n) is 13.2. The van der Waals surface area contributed by atoms with Crippen molar-refractivity contribution in [3.63, 3.8) is 0 Å². The molecule has 0 bridgehead atoms. The molecule has 0 aliphatic carbocycles. The molecular formula is C18H18N2O4. The van der Waals surface area contributed by atoms with E-state index in [1.807, 2.05) is 60.7 Å². The van der Waals surface area contributed by atoms with Crippen LogP contribution in [0.15, 0.2) is 60.7 Å². The van der Waals surface area contributed by atoms with Crippen LogP contribution >= 0.6 is 0 Å². The number of ether oxygens (including phenoxy) is 1. The van der Waals surface area contributed by atoms with E-state index in [0.29, 0.717) is 0 Å². The van der Waals surface area contributed by atoms with E-state index in [9.17, 15) is 14.9 Å². The number of rotatable bonds is 4. The molecule has 1 aliphatic heterocycles. The number of carbonyl (C=O) groups excluding carboxylic acids is 1. The van der Waals surface area contributed by atoms with Gasteiger partial charge in [0.15, 0.2) is 0 Å². The van der Waals surface area contributed by atoms with E-state index in [1.54, 1.807) is 0 Å². The fourth-order valence-electron chi connectivity index (χ4n) is 3.41. The third-order valence-corrected chi connectivity index (χ3v) is 4.47. The van der Waals surface area contributed by atoms with Crippen molar-refractivity contribution < 1.29 is 14.5 Å². The Morgan fingerprint density at radius 2 is 1.58 bits per heavy atom. The minimum absolute atomic E-state index is 0.300. The average molecular weight is 326 g/mol. The van der Waals surface area contributed by atoms with E-state index in [4.69, 9.17) is 4.74 Å². The van der Waals surface area contributed by atoms with Crippen molar-refractivity contribution in [1.82, 2.24) is 5.32 Å². The summed E-state index contributed by atoms with van der Waals surface area (Å²) in [7, 11) is 1.29. The Bertz CT molecular complexity index is 720. The SMILES string of the molecule is COC(=O)[C@H]1N[C@H](c2ccccc2)[C@H]([N+](=O)[O-])[C@H]1c1ccccc1. The summed E-state index contributed by atoms with van der Waals surface area (Å²) in [5.74, 6) is -1.09. The second-order valence-electron chi connectivity index (χ2n) is 5.77. The molecular weight excluding hydrogens is 308 g/mol. The van der Waals surface area contributed by atoms with Gasteiger partial charge in [-0.25, -0.2) is 0 Å². The van der Waals surface area contributed by atoms with Crippen molar-refractivity contribution in [1.29, 1.82) is 0 Å². The molecule has 0 unspecified atom stereocenters. The van der Waals surface area contributed by atoms with Crippen LogP contribution in [0.25, 0.3) is 0 Å². The van der Waals surface area contributed by atoms with Gasteiger partial charge in [-0.15, -0.1) is 0 Å². The Balaban J connectivity index is 2.07. The number of hydrogen-bond donors (Lipinski definition) is 1. The van der Waals surface area contributed by atoms with Gasteiger partial charge in [0.1, 0.15) is 12.1 Å². The summed E-state index contributed by atoms with van der Waals surface area (Å²) in [5, 5.41) is 15.0. The molecule has 4 atom stereocenters. The van der Waals surface area contributed by atoms with Gasteiger partial charge < -0.3 is 4.74 Å². The van der Waals surface area contributed by atoms with Crippen LogP contribution in [-0.4, -0.2) is 30.1 Å². The van der Waals surface area contributed by atoms with Gasteiger partial charge in [0.05, 0.1) is 13.0 Å². The molecule has 1 heterocycles. The van der Waals surface area contributed by atoms with Crippen molar-refractivity contribution in [2.75, 3.05) is 7.11 Å². The van der Waals surface area contributed by atoms with E-state index < -0.39 is 30.0 Å². The van der Waals surface area contributed by atoms with Crippen LogP contribution in [-0.2, 0) is 9.53 Å². The monoisotopic (exact) mass is 326 g/mol. The van der Waals surface area contributed by atoms with E-state index in [1.165, 1.54) is 7.11 Å². The van der Waals surface area contributed by atoms with Gasteiger partial charge in [-0.1, -0.05) is 60.7 Å². The fourth-order valence-corrected chi connectivity index (χ4v) is 3.41. The molecule has 2 aromatic rings. The fraction of sp³-hybridized carbons (Fsp3) is 0.278. The second-order valence-corrected chi connectivity index (χ2v) is 5.77. The number of nitrogens with one attached hydrogen (secondary N) is 1. The Hall–Kier alpha value is -2.73. The van der Waals surface area contributed by atoms with E-state index in [2.05, 4.69) is 5.32 Å². The molecule has 0 radical (unpaired) electrons. The summed E-state index contributed by atoms with van der Waals surface area (Å²) in [6.45, 7) is 0. The van der Waals surface area contributed by atoms with Crippen molar-refractivity contribution in [3.8, 4) is 0 Å². The van der Waals surface area contributed by atoms with E-state index in [0.717, 1.165) is 11.1 Å². The molecule has 1 saturated heterocycles. The molecule has 1 aliphatic rings. The Morgan fingerprint density at radius 3 is 2.08 bits per heavy atom. The predicted molar refractivity (Wildman–Crippen MR) is 88.1 cm³/mol. The summed E-state index contributed by atoms with van der Waals surface area (Å²) >= 11 is 0. The second kappa shape index (κ2) is 6.80. The van der Waals surface area contributed by atoms with Crippen LogP contribution in [0.5, 0.6) is 0 Å². The lowest BCUT2D eigenvalue weighted by Crippen LogP contribution is -2.37. The standard InChI is InChI=1S/C18H18N2O4/c1-24-18(21)16-14(12-8-4-2-5-9-12)17(20(22)23)15(19-16)13-10-6-3-7-11-13/h2-11,14-17,19H,1H3/t14-,15+,16-,17+/m0/s1. The summed E-state index contributed by atoms with van der Waals surface area (Å²) in [6.07, 6.45) is 0. The average Bonchev–Trinajstić information content (AvgIpc) is 3.03. The predicted octanol–water partition coefficient (Wildman–Crippen LogP) is 2.30. The van der Waals surface area contributed by atoms with Crippen molar-refractivity contribution in [3.05, 3.63) is 81.9 Å². The maximum Gasteiger partial charge on any atom is 0.323 e. The van der Waals surface area contributed by atoms with Gasteiger partial charge in [0.2, 0.25) is 6.04 Å². The Kier molecular flexibility index (Phi) is 4.57. The zero-order valence-corrected chi connectivity index (χ0v) is 13.2. The van der Waals surface area contributed by atoms with E-state index >= 15 is 0 Å². The summed E-state index contributed by atoms with van der Waals surface area (Å²) in [6, 6.07) is 16.0. The van der Waals surface area contributed by atoms with Gasteiger partial charge in [0.25, 0.3) is 0 Å². The number of nitro groups is 1. The lowest BCUT2D eigenvalue weighted by molar-refractivity contribution is -0.527. The van der Waals surface area contributed by atoms with Gasteiger partial charge in [-0.05, 0) is 11.1 Å². The highest BCUT2D eigenvalue weighted by Gasteiger charge is 2.54. The Morgan fingerprint density at radius 1 is 1.04 bits per heavy atom. The van der Waals surface area contributed by atoms with Crippen LogP contribution < -0.4 is 5.32 Å². The zero-order chi connectivity index (χ0) is 17.1. The van der Waals surface area contributed by atoms with Crippen LogP contribution in [0, 0.1) is 10.1 Å². The first-order chi connectivity index (χ1) is 11.6. The molecule has 3 rings (SSSR count). The Labute approximate surface area is 139 Å². The van der Waals surface area contributed by atoms with Gasteiger partial charge in [-0.2, -0.15) is 0 Å². The number of carbonyl (C=O) groups is 1. The van der Waals surface area contributed by atoms with Crippen LogP contribution in [0.4, 0.5) is 0 Å². The summed E-state index contributed by atoms with van der Waals surface area (Å²) in [5.41, 5.74) is 1.53. The lowest BCUT2D eigenvalue weighted by Gasteiger charge is -2.19. The van der Waals surface area contributed by atoms with Crippen molar-refractivity contribution in [2.45, 2.75) is 24.0 Å². The molecule has 1 N–H and O–H groups in total. The molecule has 6 nitrogen and oxygen atoms in total. The van der Waals surface area contributed by atoms with Crippen LogP contribution in [0.1, 0.15) is 23.1 Å². The number of methoxy groups -OCH3 is 1. The van der Waals surface area contributed by atoms with Crippen molar-refractivity contribution >= 4 is 5.97 Å². The molecule has 2 aromatic carbocycles. The maximum absolute atomic E-state index is 12.2. The first kappa shape index (κ1) is 16.1. The number of esters is 1. The number of nitrogens with zero attached hydrogens (tertiary/aromatic N) is 1. The molecule has 0 spiro atoms. The molecule has 0 aromatic heterocycles. The smallest absolute Gasteiger partial charge is 0.323 e. The molecule has 24 heavy (non-hydrogen) atoms. The van der Waals surface area contributed by atoms with Crippen molar-refractivity contribution in [2.24, 2.45) is 0 Å². The van der Waals surface area contributed by atoms with Gasteiger partial charge in [-0.3, -0.25) is 20.2 Å². The lowest BCUT2D eigenvalue weighted by atomic mass is 9.85. The quantitative estimate of drug-likeness (QED) is 0.530. The van der Waals surface area contributed by atoms with Crippen LogP contribution in [0.2, 0.25) is 0 Å². The number of hydrogen-bond acceptors (Lipinski definition) is 5. The first-order valence-electron chi connectivity index (χ1n) is 7.70. The van der Waals surface area contributed by atoms with E-state index in [-0.39, 0.29) is 4.92 Å². The molecule has 1 fully saturated rings. The molecule has 0 amide bonds. The third-order valence-electron chi connectivity index (χ3n) is 4.47. The number of benzene rings is 2. The largest absolute Gasteiger partial charge is 0.468 e. The van der Waals surface area contributed by atoms with Crippen LogP contribution in [0.3, 0.4) is 0 Å². The normalized spacial score (nSPS) is 26.0. The maximum atomic E-state index is 12.2. The molecule has 6 heteroatoms. The third kappa shape index (κ3) is 2.88. The topological polar surface area (TPSA) is 81.5 Å².